The van der Waals surface area contributed by atoms with Crippen molar-refractivity contribution in [3.8, 4) is 0 Å². The minimum atomic E-state index is -0.217. The number of hydrogen-bond acceptors (Lipinski definition) is 3. The first-order valence-corrected chi connectivity index (χ1v) is 9.93. The first kappa shape index (κ1) is 17.1. The highest BCUT2D eigenvalue weighted by Gasteiger charge is 2.53. The van der Waals surface area contributed by atoms with Crippen LogP contribution in [0.1, 0.15) is 72.1 Å². The van der Waals surface area contributed by atoms with Crippen molar-refractivity contribution in [1.29, 1.82) is 0 Å². The normalized spacial score (nSPS) is 25.2. The van der Waals surface area contributed by atoms with E-state index < -0.39 is 0 Å². The van der Waals surface area contributed by atoms with Crippen LogP contribution >= 0.6 is 11.8 Å². The van der Waals surface area contributed by atoms with Gasteiger partial charge in [-0.1, -0.05) is 40.0 Å². The van der Waals surface area contributed by atoms with Gasteiger partial charge in [-0.25, -0.2) is 0 Å². The van der Waals surface area contributed by atoms with E-state index in [0.29, 0.717) is 5.91 Å². The van der Waals surface area contributed by atoms with E-state index in [1.807, 2.05) is 11.8 Å². The highest BCUT2D eigenvalue weighted by atomic mass is 32.2. The topological polar surface area (TPSA) is 32.3 Å². The molecule has 0 radical (unpaired) electrons. The van der Waals surface area contributed by atoms with Crippen molar-refractivity contribution in [2.24, 2.45) is 0 Å². The van der Waals surface area contributed by atoms with Crippen LogP contribution in [0.4, 0.5) is 0 Å². The number of thioether (sulfide) groups is 1. The van der Waals surface area contributed by atoms with E-state index in [1.165, 1.54) is 12.8 Å². The monoisotopic (exact) mass is 312 g/mol. The fourth-order valence-corrected chi connectivity index (χ4v) is 4.88. The Kier molecular flexibility index (Phi) is 5.64. The third kappa shape index (κ3) is 3.12. The van der Waals surface area contributed by atoms with Gasteiger partial charge in [0.25, 0.3) is 0 Å². The molecule has 21 heavy (non-hydrogen) atoms. The molecule has 0 aromatic carbocycles. The number of rotatable bonds is 7. The summed E-state index contributed by atoms with van der Waals surface area (Å²) < 4.78 is 0.216. The van der Waals surface area contributed by atoms with Crippen molar-refractivity contribution in [2.45, 2.75) is 88.6 Å². The van der Waals surface area contributed by atoms with Crippen molar-refractivity contribution in [3.05, 3.63) is 0 Å². The van der Waals surface area contributed by atoms with Crippen LogP contribution in [-0.2, 0) is 4.79 Å². The van der Waals surface area contributed by atoms with Gasteiger partial charge in [-0.3, -0.25) is 10.1 Å². The summed E-state index contributed by atoms with van der Waals surface area (Å²) in [6.45, 7) is 7.63. The quantitative estimate of drug-likeness (QED) is 0.776. The molecule has 1 aliphatic carbocycles. The lowest BCUT2D eigenvalue weighted by atomic mass is 9.96. The molecule has 2 rings (SSSR count). The SMILES string of the molecule is CCCC1NC2(CCCC2)C(=O)N1CC(CC)(CC)SC. The molecule has 1 N–H and O–H groups in total. The molecule has 1 heterocycles. The summed E-state index contributed by atoms with van der Waals surface area (Å²) in [5.74, 6) is 0.388. The van der Waals surface area contributed by atoms with Crippen molar-refractivity contribution in [1.82, 2.24) is 10.2 Å². The molecule has 2 aliphatic rings. The summed E-state index contributed by atoms with van der Waals surface area (Å²) in [7, 11) is 0. The van der Waals surface area contributed by atoms with Crippen molar-refractivity contribution < 1.29 is 4.79 Å². The number of nitrogens with zero attached hydrogens (tertiary/aromatic N) is 1. The molecule has 0 bridgehead atoms. The van der Waals surface area contributed by atoms with Gasteiger partial charge in [0.15, 0.2) is 0 Å². The Labute approximate surface area is 134 Å². The molecule has 1 amide bonds. The third-order valence-corrected chi connectivity index (χ3v) is 7.26. The van der Waals surface area contributed by atoms with Crippen LogP contribution in [0.15, 0.2) is 0 Å². The van der Waals surface area contributed by atoms with Crippen LogP contribution in [0.2, 0.25) is 0 Å². The smallest absolute Gasteiger partial charge is 0.244 e. The van der Waals surface area contributed by atoms with Crippen LogP contribution in [0.25, 0.3) is 0 Å². The second-order valence-electron chi connectivity index (χ2n) is 6.77. The first-order valence-electron chi connectivity index (χ1n) is 8.70. The number of nitrogens with one attached hydrogen (secondary N) is 1. The van der Waals surface area contributed by atoms with Crippen molar-refractivity contribution in [2.75, 3.05) is 12.8 Å². The standard InChI is InChI=1S/C17H32N2OS/c1-5-10-14-18-17(11-8-9-12-17)15(20)19(14)13-16(6-2,7-3)21-4/h14,18H,5-13H2,1-4H3. The second-order valence-corrected chi connectivity index (χ2v) is 8.04. The average molecular weight is 313 g/mol. The highest BCUT2D eigenvalue weighted by molar-refractivity contribution is 8.00. The van der Waals surface area contributed by atoms with Crippen LogP contribution in [0.5, 0.6) is 0 Å². The first-order chi connectivity index (χ1) is 10.1. The lowest BCUT2D eigenvalue weighted by Gasteiger charge is -2.36. The maximum absolute atomic E-state index is 13.1. The van der Waals surface area contributed by atoms with E-state index in [9.17, 15) is 4.79 Å². The number of amides is 1. The molecule has 0 aromatic heterocycles. The molecule has 1 atom stereocenters. The molecule has 4 heteroatoms. The third-order valence-electron chi connectivity index (χ3n) is 5.69. The maximum Gasteiger partial charge on any atom is 0.244 e. The van der Waals surface area contributed by atoms with Gasteiger partial charge < -0.3 is 4.90 Å². The van der Waals surface area contributed by atoms with Gasteiger partial charge in [0.1, 0.15) is 0 Å². The highest BCUT2D eigenvalue weighted by Crippen LogP contribution is 2.40. The summed E-state index contributed by atoms with van der Waals surface area (Å²) in [5.41, 5.74) is -0.217. The molecule has 0 aromatic rings. The predicted octanol–water partition coefficient (Wildman–Crippen LogP) is 3.78. The van der Waals surface area contributed by atoms with Gasteiger partial charge in [-0.05, 0) is 38.4 Å². The van der Waals surface area contributed by atoms with Crippen LogP contribution in [-0.4, -0.2) is 40.1 Å². The zero-order valence-corrected chi connectivity index (χ0v) is 15.0. The lowest BCUT2D eigenvalue weighted by Crippen LogP contribution is -2.47. The van der Waals surface area contributed by atoms with E-state index in [-0.39, 0.29) is 16.5 Å². The summed E-state index contributed by atoms with van der Waals surface area (Å²) in [6, 6.07) is 0. The Bertz CT molecular complexity index is 354. The van der Waals surface area contributed by atoms with Crippen LogP contribution < -0.4 is 5.32 Å². The molecule has 122 valence electrons. The van der Waals surface area contributed by atoms with Gasteiger partial charge in [-0.2, -0.15) is 11.8 Å². The van der Waals surface area contributed by atoms with E-state index in [4.69, 9.17) is 0 Å². The molecule has 1 spiro atoms. The number of carbonyl (C=O) groups excluding carboxylic acids is 1. The molecule has 1 saturated heterocycles. The fourth-order valence-electron chi connectivity index (χ4n) is 4.03. The molecule has 1 saturated carbocycles. The zero-order chi connectivity index (χ0) is 15.5. The van der Waals surface area contributed by atoms with Crippen LogP contribution in [0, 0.1) is 0 Å². The minimum absolute atomic E-state index is 0.216. The maximum atomic E-state index is 13.1. The average Bonchev–Trinajstić information content (AvgIpc) is 3.07. The van der Waals surface area contributed by atoms with Gasteiger partial charge in [0, 0.05) is 11.3 Å². The Balaban J connectivity index is 2.20. The Morgan fingerprint density at radius 3 is 2.38 bits per heavy atom. The van der Waals surface area contributed by atoms with Gasteiger partial charge in [0.05, 0.1) is 11.7 Å². The van der Waals surface area contributed by atoms with Gasteiger partial charge in [-0.15, -0.1) is 0 Å². The number of hydrogen-bond donors (Lipinski definition) is 1. The molecule has 1 aliphatic heterocycles. The summed E-state index contributed by atoms with van der Waals surface area (Å²) >= 11 is 1.94. The number of carbonyl (C=O) groups is 1. The molecular formula is C17H32N2OS. The predicted molar refractivity (Wildman–Crippen MR) is 91.6 cm³/mol. The van der Waals surface area contributed by atoms with Crippen molar-refractivity contribution >= 4 is 17.7 Å². The largest absolute Gasteiger partial charge is 0.324 e. The molecule has 3 nitrogen and oxygen atoms in total. The second kappa shape index (κ2) is 6.91. The summed E-state index contributed by atoms with van der Waals surface area (Å²) in [5, 5.41) is 3.73. The molecule has 1 unspecified atom stereocenters. The van der Waals surface area contributed by atoms with Crippen LogP contribution in [0.3, 0.4) is 0 Å². The van der Waals surface area contributed by atoms with E-state index in [2.05, 4.69) is 37.2 Å². The Morgan fingerprint density at radius 1 is 1.29 bits per heavy atom. The fraction of sp³-hybridized carbons (Fsp3) is 0.941. The van der Waals surface area contributed by atoms with E-state index in [0.717, 1.165) is 45.1 Å². The van der Waals surface area contributed by atoms with Crippen molar-refractivity contribution in [3.63, 3.8) is 0 Å². The molecular weight excluding hydrogens is 280 g/mol. The van der Waals surface area contributed by atoms with E-state index in [1.54, 1.807) is 0 Å². The van der Waals surface area contributed by atoms with Gasteiger partial charge >= 0.3 is 0 Å². The zero-order valence-electron chi connectivity index (χ0n) is 14.2. The Hall–Kier alpha value is -0.220. The minimum Gasteiger partial charge on any atom is -0.324 e. The molecule has 2 fully saturated rings. The van der Waals surface area contributed by atoms with E-state index >= 15 is 0 Å². The Morgan fingerprint density at radius 2 is 1.90 bits per heavy atom. The van der Waals surface area contributed by atoms with Gasteiger partial charge in [0.2, 0.25) is 5.91 Å². The summed E-state index contributed by atoms with van der Waals surface area (Å²) in [4.78, 5) is 15.3. The lowest BCUT2D eigenvalue weighted by molar-refractivity contribution is -0.133. The summed E-state index contributed by atoms with van der Waals surface area (Å²) in [6.07, 6.45) is 11.4.